The van der Waals surface area contributed by atoms with Crippen LogP contribution in [-0.2, 0) is 6.54 Å². The molecule has 2 rings (SSSR count). The predicted molar refractivity (Wildman–Crippen MR) is 105 cm³/mol. The molecule has 0 aliphatic rings. The van der Waals surface area contributed by atoms with Gasteiger partial charge < -0.3 is 10.6 Å². The fraction of sp³-hybridized carbons (Fsp3) is 0.375. The van der Waals surface area contributed by atoms with E-state index in [4.69, 9.17) is 0 Å². The Morgan fingerprint density at radius 1 is 1.39 bits per heavy atom. The van der Waals surface area contributed by atoms with Gasteiger partial charge in [0.1, 0.15) is 5.82 Å². The SMILES string of the molecule is CN=C(NCc1scnc1C)NC(C)c1ccc(C)c(F)c1.I. The van der Waals surface area contributed by atoms with Crippen LogP contribution in [0.2, 0.25) is 0 Å². The Morgan fingerprint density at radius 3 is 2.70 bits per heavy atom. The van der Waals surface area contributed by atoms with E-state index >= 15 is 0 Å². The highest BCUT2D eigenvalue weighted by atomic mass is 127. The van der Waals surface area contributed by atoms with Gasteiger partial charge in [0.25, 0.3) is 0 Å². The van der Waals surface area contributed by atoms with Crippen LogP contribution in [0, 0.1) is 19.7 Å². The number of benzene rings is 1. The van der Waals surface area contributed by atoms with E-state index in [0.717, 1.165) is 11.3 Å². The predicted octanol–water partition coefficient (Wildman–Crippen LogP) is 3.94. The van der Waals surface area contributed by atoms with Crippen molar-refractivity contribution in [1.82, 2.24) is 15.6 Å². The highest BCUT2D eigenvalue weighted by molar-refractivity contribution is 14.0. The van der Waals surface area contributed by atoms with Gasteiger partial charge in [0.05, 0.1) is 23.8 Å². The molecule has 0 aliphatic carbocycles. The third kappa shape index (κ3) is 5.42. The topological polar surface area (TPSA) is 49.3 Å². The number of hydrogen-bond acceptors (Lipinski definition) is 3. The summed E-state index contributed by atoms with van der Waals surface area (Å²) >= 11 is 1.61. The Balaban J connectivity index is 0.00000264. The van der Waals surface area contributed by atoms with Crippen LogP contribution in [0.5, 0.6) is 0 Å². The van der Waals surface area contributed by atoms with E-state index in [9.17, 15) is 4.39 Å². The maximum Gasteiger partial charge on any atom is 0.191 e. The summed E-state index contributed by atoms with van der Waals surface area (Å²) in [6.45, 7) is 6.40. The van der Waals surface area contributed by atoms with Crippen LogP contribution >= 0.6 is 35.3 Å². The number of nitrogens with one attached hydrogen (secondary N) is 2. The van der Waals surface area contributed by atoms with E-state index in [-0.39, 0.29) is 35.8 Å². The minimum Gasteiger partial charge on any atom is -0.351 e. The van der Waals surface area contributed by atoms with Crippen molar-refractivity contribution in [2.45, 2.75) is 33.4 Å². The molecule has 0 radical (unpaired) electrons. The molecule has 1 aromatic heterocycles. The Labute approximate surface area is 157 Å². The van der Waals surface area contributed by atoms with E-state index in [1.807, 2.05) is 25.4 Å². The summed E-state index contributed by atoms with van der Waals surface area (Å²) in [5, 5.41) is 6.52. The van der Waals surface area contributed by atoms with Gasteiger partial charge in [-0.2, -0.15) is 0 Å². The molecule has 0 saturated heterocycles. The Bertz CT molecular complexity index is 672. The van der Waals surface area contributed by atoms with Gasteiger partial charge in [-0.05, 0) is 38.0 Å². The standard InChI is InChI=1S/C16H21FN4S.HI/c1-10-5-6-13(7-14(10)17)11(2)21-16(18-4)19-8-15-12(3)20-9-22-15;/h5-7,9,11H,8H2,1-4H3,(H2,18,19,21);1H. The molecular formula is C16H22FIN4S. The van der Waals surface area contributed by atoms with Gasteiger partial charge in [-0.15, -0.1) is 35.3 Å². The normalized spacial score (nSPS) is 12.5. The lowest BCUT2D eigenvalue weighted by atomic mass is 10.1. The average Bonchev–Trinajstić information content (AvgIpc) is 2.91. The summed E-state index contributed by atoms with van der Waals surface area (Å²) in [5.74, 6) is 0.496. The highest BCUT2D eigenvalue weighted by Crippen LogP contribution is 2.16. The Morgan fingerprint density at radius 2 is 2.13 bits per heavy atom. The maximum atomic E-state index is 13.7. The molecule has 1 unspecified atom stereocenters. The molecule has 1 heterocycles. The van der Waals surface area contributed by atoms with E-state index in [2.05, 4.69) is 20.6 Å². The molecule has 0 amide bonds. The van der Waals surface area contributed by atoms with Gasteiger partial charge in [-0.25, -0.2) is 9.37 Å². The molecule has 1 atom stereocenters. The number of hydrogen-bond donors (Lipinski definition) is 2. The number of guanidine groups is 1. The zero-order chi connectivity index (χ0) is 16.1. The fourth-order valence-corrected chi connectivity index (χ4v) is 2.74. The molecule has 0 bridgehead atoms. The average molecular weight is 448 g/mol. The number of thiazole rings is 1. The van der Waals surface area contributed by atoms with Crippen molar-refractivity contribution >= 4 is 41.3 Å². The van der Waals surface area contributed by atoms with Crippen molar-refractivity contribution < 1.29 is 4.39 Å². The first kappa shape index (κ1) is 19.8. The Hall–Kier alpha value is -1.22. The summed E-state index contributed by atoms with van der Waals surface area (Å²) in [7, 11) is 1.72. The molecule has 4 nitrogen and oxygen atoms in total. The molecule has 0 spiro atoms. The molecule has 0 aliphatic heterocycles. The number of halogens is 2. The highest BCUT2D eigenvalue weighted by Gasteiger charge is 2.10. The van der Waals surface area contributed by atoms with Gasteiger partial charge in [0.2, 0.25) is 0 Å². The monoisotopic (exact) mass is 448 g/mol. The summed E-state index contributed by atoms with van der Waals surface area (Å²) in [6, 6.07) is 5.24. The first-order valence-corrected chi connectivity index (χ1v) is 8.01. The largest absolute Gasteiger partial charge is 0.351 e. The number of rotatable bonds is 4. The van der Waals surface area contributed by atoms with Crippen molar-refractivity contribution in [2.75, 3.05) is 7.05 Å². The van der Waals surface area contributed by atoms with Crippen molar-refractivity contribution in [3.8, 4) is 0 Å². The summed E-state index contributed by atoms with van der Waals surface area (Å²) in [6.07, 6.45) is 0. The van der Waals surface area contributed by atoms with Crippen LogP contribution in [-0.4, -0.2) is 18.0 Å². The number of aryl methyl sites for hydroxylation is 2. The van der Waals surface area contributed by atoms with Crippen molar-refractivity contribution in [1.29, 1.82) is 0 Å². The van der Waals surface area contributed by atoms with Gasteiger partial charge in [-0.1, -0.05) is 12.1 Å². The second kappa shape index (κ2) is 9.17. The van der Waals surface area contributed by atoms with Gasteiger partial charge in [0.15, 0.2) is 5.96 Å². The van der Waals surface area contributed by atoms with Crippen LogP contribution in [0.15, 0.2) is 28.7 Å². The second-order valence-electron chi connectivity index (χ2n) is 5.16. The molecule has 0 fully saturated rings. The van der Waals surface area contributed by atoms with Gasteiger partial charge in [0, 0.05) is 11.9 Å². The fourth-order valence-electron chi connectivity index (χ4n) is 2.02. The first-order valence-electron chi connectivity index (χ1n) is 7.13. The molecule has 126 valence electrons. The van der Waals surface area contributed by atoms with E-state index < -0.39 is 0 Å². The summed E-state index contributed by atoms with van der Waals surface area (Å²) in [4.78, 5) is 9.61. The summed E-state index contributed by atoms with van der Waals surface area (Å²) < 4.78 is 13.7. The molecule has 1 aromatic carbocycles. The van der Waals surface area contributed by atoms with Crippen LogP contribution in [0.4, 0.5) is 4.39 Å². The van der Waals surface area contributed by atoms with Crippen LogP contribution < -0.4 is 10.6 Å². The zero-order valence-corrected chi connectivity index (χ0v) is 16.8. The molecule has 0 saturated carbocycles. The molecule has 7 heteroatoms. The van der Waals surface area contributed by atoms with Crippen molar-refractivity contribution in [2.24, 2.45) is 4.99 Å². The minimum absolute atomic E-state index is 0. The lowest BCUT2D eigenvalue weighted by Gasteiger charge is -2.18. The van der Waals surface area contributed by atoms with Crippen molar-refractivity contribution in [3.05, 3.63) is 51.2 Å². The number of aliphatic imine (C=N–C) groups is 1. The van der Waals surface area contributed by atoms with Gasteiger partial charge in [-0.3, -0.25) is 4.99 Å². The van der Waals surface area contributed by atoms with Gasteiger partial charge >= 0.3 is 0 Å². The second-order valence-corrected chi connectivity index (χ2v) is 6.10. The minimum atomic E-state index is -0.186. The lowest BCUT2D eigenvalue weighted by molar-refractivity contribution is 0.607. The Kier molecular flexibility index (Phi) is 7.90. The maximum absolute atomic E-state index is 13.7. The number of aromatic nitrogens is 1. The zero-order valence-electron chi connectivity index (χ0n) is 13.7. The van der Waals surface area contributed by atoms with Crippen LogP contribution in [0.3, 0.4) is 0 Å². The first-order chi connectivity index (χ1) is 10.5. The molecule has 2 N–H and O–H groups in total. The van der Waals surface area contributed by atoms with E-state index in [1.165, 1.54) is 4.88 Å². The third-order valence-electron chi connectivity index (χ3n) is 3.53. The van der Waals surface area contributed by atoms with Crippen LogP contribution in [0.25, 0.3) is 0 Å². The van der Waals surface area contributed by atoms with Crippen molar-refractivity contribution in [3.63, 3.8) is 0 Å². The molecule has 23 heavy (non-hydrogen) atoms. The molecule has 2 aromatic rings. The lowest BCUT2D eigenvalue weighted by Crippen LogP contribution is -2.38. The smallest absolute Gasteiger partial charge is 0.191 e. The molecular weight excluding hydrogens is 426 g/mol. The van der Waals surface area contributed by atoms with E-state index in [0.29, 0.717) is 18.1 Å². The van der Waals surface area contributed by atoms with E-state index in [1.54, 1.807) is 37.4 Å². The third-order valence-corrected chi connectivity index (χ3v) is 4.47. The van der Waals surface area contributed by atoms with Crippen LogP contribution in [0.1, 0.15) is 34.7 Å². The quantitative estimate of drug-likeness (QED) is 0.423. The summed E-state index contributed by atoms with van der Waals surface area (Å²) in [5.41, 5.74) is 4.40. The number of nitrogens with zero attached hydrogens (tertiary/aromatic N) is 2.